The molecule has 3 fully saturated rings. The van der Waals surface area contributed by atoms with Crippen LogP contribution in [0, 0.1) is 29.4 Å². The van der Waals surface area contributed by atoms with Crippen LogP contribution in [0.5, 0.6) is 5.75 Å². The Labute approximate surface area is 182 Å². The van der Waals surface area contributed by atoms with Crippen LogP contribution in [0.3, 0.4) is 0 Å². The van der Waals surface area contributed by atoms with Crippen LogP contribution in [0.1, 0.15) is 63.9 Å². The van der Waals surface area contributed by atoms with Crippen LogP contribution >= 0.6 is 0 Å². The molecule has 0 N–H and O–H groups in total. The molecule has 1 heterocycles. The third kappa shape index (κ3) is 5.55. The Morgan fingerprint density at radius 2 is 1.87 bits per heavy atom. The first-order valence-electron chi connectivity index (χ1n) is 11.6. The van der Waals surface area contributed by atoms with Crippen LogP contribution in [-0.2, 0) is 4.79 Å². The molecule has 170 valence electrons. The average molecular weight is 434 g/mol. The molecule has 1 aromatic carbocycles. The smallest absolute Gasteiger partial charge is 0.222 e. The summed E-state index contributed by atoms with van der Waals surface area (Å²) in [6, 6.07) is 2.07. The quantitative estimate of drug-likeness (QED) is 0.441. The highest BCUT2D eigenvalue weighted by molar-refractivity contribution is 5.91. The van der Waals surface area contributed by atoms with Crippen molar-refractivity contribution in [1.82, 2.24) is 4.90 Å². The number of aliphatic imine (C=N–C) groups is 1. The number of benzene rings is 1. The molecule has 5 nitrogen and oxygen atoms in total. The molecule has 0 bridgehead atoms. The zero-order valence-corrected chi connectivity index (χ0v) is 18.1. The van der Waals surface area contributed by atoms with E-state index in [1.54, 1.807) is 0 Å². The Balaban J connectivity index is 1.21. The lowest BCUT2D eigenvalue weighted by Crippen LogP contribution is -2.38. The maximum Gasteiger partial charge on any atom is 0.222 e. The molecule has 1 saturated heterocycles. The van der Waals surface area contributed by atoms with Gasteiger partial charge in [0.1, 0.15) is 17.4 Å². The standard InChI is InChI=1S/C24H32F2N2O3/c1-2-3-22(29)28-9-6-15(7-10-28)19-12-16(19)8-11-31-18-13-20(25)23(21(26)14-18)24(30)27-17-4-5-17/h13-17,19H,2-12H2,1H3,(H,27,30)/p-1/t16?,19-/m1/s1. The van der Waals surface area contributed by atoms with Gasteiger partial charge in [0.15, 0.2) is 0 Å². The van der Waals surface area contributed by atoms with Crippen molar-refractivity contribution in [2.75, 3.05) is 19.7 Å². The highest BCUT2D eigenvalue weighted by atomic mass is 19.1. The minimum Gasteiger partial charge on any atom is -0.858 e. The number of hydrogen-bond acceptors (Lipinski definition) is 4. The minimum atomic E-state index is -0.918. The molecule has 2 saturated carbocycles. The van der Waals surface area contributed by atoms with Crippen LogP contribution in [0.25, 0.3) is 0 Å². The summed E-state index contributed by atoms with van der Waals surface area (Å²) < 4.78 is 34.1. The summed E-state index contributed by atoms with van der Waals surface area (Å²) in [5.41, 5.74) is -0.592. The number of carbonyl (C=O) groups excluding carboxylic acids is 1. The normalized spacial score (nSPS) is 24.4. The number of likely N-dealkylation sites (tertiary alicyclic amines) is 1. The highest BCUT2D eigenvalue weighted by Crippen LogP contribution is 2.49. The van der Waals surface area contributed by atoms with Crippen molar-refractivity contribution in [3.63, 3.8) is 0 Å². The van der Waals surface area contributed by atoms with Gasteiger partial charge in [0.2, 0.25) is 5.91 Å². The predicted molar refractivity (Wildman–Crippen MR) is 112 cm³/mol. The van der Waals surface area contributed by atoms with Crippen molar-refractivity contribution in [2.45, 2.75) is 64.3 Å². The second kappa shape index (κ2) is 9.53. The van der Waals surface area contributed by atoms with E-state index in [4.69, 9.17) is 4.74 Å². The fourth-order valence-corrected chi connectivity index (χ4v) is 4.73. The van der Waals surface area contributed by atoms with E-state index in [0.717, 1.165) is 70.2 Å². The maximum atomic E-state index is 14.2. The molecule has 0 aromatic heterocycles. The van der Waals surface area contributed by atoms with E-state index in [2.05, 4.69) is 4.99 Å². The van der Waals surface area contributed by atoms with Crippen LogP contribution in [0.15, 0.2) is 17.1 Å². The number of carbonyl (C=O) groups is 1. The molecule has 1 amide bonds. The monoisotopic (exact) mass is 433 g/mol. The molecular formula is C24H31F2N2O3-. The summed E-state index contributed by atoms with van der Waals surface area (Å²) in [6.07, 6.45) is 7.27. The Morgan fingerprint density at radius 1 is 1.19 bits per heavy atom. The number of ether oxygens (including phenoxy) is 1. The predicted octanol–water partition coefficient (Wildman–Crippen LogP) is 3.68. The maximum absolute atomic E-state index is 14.2. The molecular weight excluding hydrogens is 402 g/mol. The molecule has 1 unspecified atom stereocenters. The first-order chi connectivity index (χ1) is 15.0. The summed E-state index contributed by atoms with van der Waals surface area (Å²) in [4.78, 5) is 17.8. The van der Waals surface area contributed by atoms with Gasteiger partial charge >= 0.3 is 0 Å². The molecule has 2 atom stereocenters. The summed E-state index contributed by atoms with van der Waals surface area (Å²) in [5, 5.41) is 11.9. The summed E-state index contributed by atoms with van der Waals surface area (Å²) >= 11 is 0. The van der Waals surface area contributed by atoms with Gasteiger partial charge in [0.25, 0.3) is 0 Å². The van der Waals surface area contributed by atoms with Crippen LogP contribution in [0.4, 0.5) is 8.78 Å². The molecule has 1 aliphatic heterocycles. The van der Waals surface area contributed by atoms with E-state index in [1.165, 1.54) is 0 Å². The van der Waals surface area contributed by atoms with Gasteiger partial charge in [-0.15, -0.1) is 0 Å². The second-order valence-corrected chi connectivity index (χ2v) is 9.19. The van der Waals surface area contributed by atoms with Crippen LogP contribution < -0.4 is 9.84 Å². The Morgan fingerprint density at radius 3 is 2.48 bits per heavy atom. The van der Waals surface area contributed by atoms with E-state index in [-0.39, 0.29) is 17.7 Å². The molecule has 0 spiro atoms. The van der Waals surface area contributed by atoms with E-state index >= 15 is 0 Å². The summed E-state index contributed by atoms with van der Waals surface area (Å²) in [7, 11) is 0. The minimum absolute atomic E-state index is 0.0854. The third-order valence-corrected chi connectivity index (χ3v) is 6.77. The number of halogens is 2. The van der Waals surface area contributed by atoms with E-state index in [9.17, 15) is 18.7 Å². The van der Waals surface area contributed by atoms with Gasteiger partial charge in [-0.25, -0.2) is 8.78 Å². The molecule has 31 heavy (non-hydrogen) atoms. The van der Waals surface area contributed by atoms with E-state index < -0.39 is 23.1 Å². The van der Waals surface area contributed by atoms with Crippen molar-refractivity contribution in [3.8, 4) is 5.75 Å². The highest BCUT2D eigenvalue weighted by Gasteiger charge is 2.43. The van der Waals surface area contributed by atoms with Crippen LogP contribution in [-0.4, -0.2) is 42.4 Å². The van der Waals surface area contributed by atoms with Gasteiger partial charge in [-0.1, -0.05) is 6.92 Å². The van der Waals surface area contributed by atoms with Gasteiger partial charge in [0, 0.05) is 37.7 Å². The lowest BCUT2D eigenvalue weighted by Gasteiger charge is -2.32. The largest absolute Gasteiger partial charge is 0.858 e. The van der Waals surface area contributed by atoms with Gasteiger partial charge in [-0.3, -0.25) is 9.79 Å². The van der Waals surface area contributed by atoms with Gasteiger partial charge in [0.05, 0.1) is 12.2 Å². The first-order valence-corrected chi connectivity index (χ1v) is 11.6. The summed E-state index contributed by atoms with van der Waals surface area (Å²) in [6.45, 7) is 4.15. The first kappa shape index (κ1) is 22.0. The molecule has 7 heteroatoms. The second-order valence-electron chi connectivity index (χ2n) is 9.19. The summed E-state index contributed by atoms with van der Waals surface area (Å²) in [5.74, 6) is -0.372. The number of hydrogen-bond donors (Lipinski definition) is 0. The van der Waals surface area contributed by atoms with E-state index in [0.29, 0.717) is 30.8 Å². The molecule has 0 radical (unpaired) electrons. The van der Waals surface area contributed by atoms with E-state index in [1.807, 2.05) is 11.8 Å². The fraction of sp³-hybridized carbons (Fsp3) is 0.667. The SMILES string of the molecule is CCCC(=O)N1CCC([C@H]2CC2CCOc2cc(F)c(C([O-])=NC3CC3)c(F)c2)CC1. The number of piperidine rings is 1. The Hall–Kier alpha value is -2.18. The van der Waals surface area contributed by atoms with Gasteiger partial charge < -0.3 is 14.7 Å². The Kier molecular flexibility index (Phi) is 6.77. The third-order valence-electron chi connectivity index (χ3n) is 6.77. The lowest BCUT2D eigenvalue weighted by molar-refractivity contribution is -0.213. The lowest BCUT2D eigenvalue weighted by atomic mass is 9.90. The fourth-order valence-electron chi connectivity index (χ4n) is 4.73. The molecule has 3 aliphatic rings. The molecule has 4 rings (SSSR count). The number of rotatable bonds is 9. The van der Waals surface area contributed by atoms with Crippen molar-refractivity contribution < 1.29 is 23.4 Å². The Bertz CT molecular complexity index is 809. The molecule has 2 aliphatic carbocycles. The topological polar surface area (TPSA) is 65.0 Å². The molecule has 1 aromatic rings. The number of nitrogens with zero attached hydrogens (tertiary/aromatic N) is 2. The van der Waals surface area contributed by atoms with Crippen molar-refractivity contribution in [2.24, 2.45) is 22.7 Å². The zero-order chi connectivity index (χ0) is 22.0. The zero-order valence-electron chi connectivity index (χ0n) is 18.1. The average Bonchev–Trinajstić information content (AvgIpc) is 3.65. The van der Waals surface area contributed by atoms with Crippen molar-refractivity contribution >= 4 is 11.8 Å². The van der Waals surface area contributed by atoms with Gasteiger partial charge in [-0.2, -0.15) is 0 Å². The van der Waals surface area contributed by atoms with Crippen molar-refractivity contribution in [1.29, 1.82) is 0 Å². The number of amides is 1. The van der Waals surface area contributed by atoms with Gasteiger partial charge in [-0.05, 0) is 68.6 Å². The van der Waals surface area contributed by atoms with Crippen LogP contribution in [0.2, 0.25) is 0 Å². The van der Waals surface area contributed by atoms with Crippen molar-refractivity contribution in [3.05, 3.63) is 29.3 Å².